The lowest BCUT2D eigenvalue weighted by Gasteiger charge is -2.23. The Bertz CT molecular complexity index is 6090. The minimum Gasteiger partial charge on any atom is -0.353 e. The van der Waals surface area contributed by atoms with Gasteiger partial charge in [-0.15, -0.1) is 25.5 Å². The summed E-state index contributed by atoms with van der Waals surface area (Å²) in [4.78, 5) is 141. The second kappa shape index (κ2) is 38.7. The molecule has 10 aromatic heterocycles. The molecule has 15 aliphatic carbocycles. The lowest BCUT2D eigenvalue weighted by molar-refractivity contribution is -0.126. The van der Waals surface area contributed by atoms with Gasteiger partial charge in [0, 0.05) is 91.9 Å². The molecule has 0 saturated heterocycles. The molecule has 0 aliphatic heterocycles. The third-order valence-electron chi connectivity index (χ3n) is 28.9. The minimum absolute atomic E-state index is 0.0424. The summed E-state index contributed by atoms with van der Waals surface area (Å²) < 4.78 is 139. The number of aromatic nitrogens is 15. The van der Waals surface area contributed by atoms with Crippen molar-refractivity contribution in [2.45, 2.75) is 252 Å². The van der Waals surface area contributed by atoms with Crippen molar-refractivity contribution >= 4 is 145 Å². The van der Waals surface area contributed by atoms with E-state index in [-0.39, 0.29) is 121 Å². The monoisotopic (exact) mass is 2010 g/mol. The molecule has 45 heteroatoms. The third-order valence-corrected chi connectivity index (χ3v) is 28.9. The number of nitrogens with zero attached hydrogens (tertiary/aromatic N) is 15. The van der Waals surface area contributed by atoms with Crippen LogP contribution < -0.4 is 53.2 Å². The maximum absolute atomic E-state index is 13.0. The van der Waals surface area contributed by atoms with E-state index in [1.165, 1.54) is 0 Å². The number of anilines is 5. The molecule has 2 unspecified atom stereocenters. The largest absolute Gasteiger partial charge is 0.353 e. The van der Waals surface area contributed by atoms with E-state index in [2.05, 4.69) is 104 Å². The molecule has 10 fully saturated rings. The summed E-state index contributed by atoms with van der Waals surface area (Å²) in [5.74, 6) is -21.1. The van der Waals surface area contributed by atoms with Gasteiger partial charge in [0.05, 0.1) is 28.5 Å². The summed E-state index contributed by atoms with van der Waals surface area (Å²) in [6.45, 7) is 0. The van der Waals surface area contributed by atoms with Crippen molar-refractivity contribution in [3.05, 3.63) is 150 Å². The van der Waals surface area contributed by atoms with Gasteiger partial charge < -0.3 is 26.6 Å². The van der Waals surface area contributed by atoms with Crippen LogP contribution in [0.5, 0.6) is 0 Å². The average molecular weight is 2010 g/mol. The number of hydrogen-bond acceptors (Lipinski definition) is 20. The lowest BCUT2D eigenvalue weighted by atomic mass is 9.93. The first-order valence-corrected chi connectivity index (χ1v) is 49.7. The highest BCUT2D eigenvalue weighted by Gasteiger charge is 2.65. The van der Waals surface area contributed by atoms with Crippen LogP contribution in [-0.4, -0.2) is 192 Å². The second-order valence-electron chi connectivity index (χ2n) is 40.5. The van der Waals surface area contributed by atoms with Crippen molar-refractivity contribution < 1.29 is 91.8 Å². The predicted octanol–water partition coefficient (Wildman–Crippen LogP) is 13.9. The Morgan fingerprint density at radius 2 is 0.393 bits per heavy atom. The molecule has 10 saturated carbocycles. The zero-order valence-electron chi connectivity index (χ0n) is 78.5. The van der Waals surface area contributed by atoms with E-state index < -0.39 is 88.7 Å². The molecule has 760 valence electrons. The molecule has 35 nitrogen and oxygen atoms in total. The van der Waals surface area contributed by atoms with Crippen molar-refractivity contribution in [2.75, 3.05) is 26.6 Å². The van der Waals surface area contributed by atoms with Gasteiger partial charge in [0.25, 0.3) is 29.6 Å². The van der Waals surface area contributed by atoms with Crippen LogP contribution in [0.25, 0.3) is 56.1 Å². The fourth-order valence-corrected chi connectivity index (χ4v) is 18.8. The predicted molar refractivity (Wildman–Crippen MR) is 506 cm³/mol. The van der Waals surface area contributed by atoms with Gasteiger partial charge in [-0.1, -0.05) is 60.7 Å². The smallest absolute Gasteiger partial charge is 0.260 e. The van der Waals surface area contributed by atoms with Gasteiger partial charge in [0.1, 0.15) is 29.6 Å². The Morgan fingerprint density at radius 3 is 0.524 bits per heavy atom. The number of rotatable bonds is 25. The van der Waals surface area contributed by atoms with Gasteiger partial charge in [0.15, 0.2) is 28.2 Å². The van der Waals surface area contributed by atoms with Crippen molar-refractivity contribution in [1.82, 2.24) is 99.6 Å². The van der Waals surface area contributed by atoms with E-state index in [9.17, 15) is 91.8 Å². The zero-order chi connectivity index (χ0) is 101. The number of nitrogens with one attached hydrogen (secondary N) is 10. The highest BCUT2D eigenvalue weighted by atomic mass is 19.3. The van der Waals surface area contributed by atoms with E-state index >= 15 is 0 Å². The van der Waals surface area contributed by atoms with E-state index in [0.717, 1.165) is 121 Å². The second-order valence-corrected chi connectivity index (χ2v) is 40.5. The molecule has 15 aliphatic rings. The summed E-state index contributed by atoms with van der Waals surface area (Å²) >= 11 is 0. The summed E-state index contributed by atoms with van der Waals surface area (Å²) in [5, 5.41) is 49.7. The van der Waals surface area contributed by atoms with Crippen LogP contribution >= 0.6 is 0 Å². The highest BCUT2D eigenvalue weighted by Crippen LogP contribution is 2.53. The number of alkyl halides is 10. The minimum atomic E-state index is -2.84. The normalized spacial score (nSPS) is 25.4. The third kappa shape index (κ3) is 22.7. The summed E-state index contributed by atoms with van der Waals surface area (Å²) in [7, 11) is 0. The first-order valence-electron chi connectivity index (χ1n) is 49.7. The Balaban J connectivity index is 0.000000107. The van der Waals surface area contributed by atoms with Crippen LogP contribution in [0.2, 0.25) is 0 Å². The number of allylic oxidation sites excluding steroid dienone is 5. The molecule has 10 aromatic rings. The standard InChI is InChI=1S/5C20H21F2N5O2/c5*21-20(22)10-14(20)18(29)23-13-8-6-11(7-9-13)15-2-1-3-16-24-19(26-27(15)16)25-17(28)12-4-5-12/h5*1-3,6,12-14H,4-5,7-10H2,(H,23,29)(H,25,26,28)/t2*13-,14+;2*13-,14-;/m1010./s1. The first kappa shape index (κ1) is 96.9. The van der Waals surface area contributed by atoms with Crippen LogP contribution in [0.15, 0.2) is 121 Å². The van der Waals surface area contributed by atoms with Crippen LogP contribution in [0, 0.1) is 59.2 Å². The fraction of sp³-hybridized carbons (Fsp3) is 0.500. The van der Waals surface area contributed by atoms with Crippen molar-refractivity contribution in [2.24, 2.45) is 59.2 Å². The number of carbonyl (C=O) groups excluding carboxylic acids is 10. The van der Waals surface area contributed by atoms with Gasteiger partial charge in [0.2, 0.25) is 88.8 Å². The summed E-state index contributed by atoms with van der Waals surface area (Å²) in [6, 6.07) is 27.6. The quantitative estimate of drug-likeness (QED) is 0.0238. The number of carbonyl (C=O) groups is 10. The average Bonchev–Trinajstić information content (AvgIpc) is 1.62. The highest BCUT2D eigenvalue weighted by molar-refractivity contribution is 5.96. The van der Waals surface area contributed by atoms with Gasteiger partial charge >= 0.3 is 0 Å². The maximum atomic E-state index is 13.0. The summed E-state index contributed by atoms with van der Waals surface area (Å²) in [6.07, 6.45) is 27.1. The van der Waals surface area contributed by atoms with Crippen LogP contribution in [0.3, 0.4) is 0 Å². The van der Waals surface area contributed by atoms with E-state index in [4.69, 9.17) is 0 Å². The Hall–Kier alpha value is -14.2. The van der Waals surface area contributed by atoms with Crippen molar-refractivity contribution in [3.8, 4) is 0 Å². The molecule has 25 rings (SSSR count). The molecular weight excluding hydrogens is 1900 g/mol. The van der Waals surface area contributed by atoms with E-state index in [1.54, 1.807) is 22.6 Å². The molecule has 0 radical (unpaired) electrons. The molecular formula is C100H105F10N25O10. The van der Waals surface area contributed by atoms with E-state index in [1.807, 2.05) is 121 Å². The first-order chi connectivity index (χ1) is 69.5. The van der Waals surface area contributed by atoms with Crippen molar-refractivity contribution in [3.63, 3.8) is 0 Å². The number of halogens is 10. The maximum Gasteiger partial charge on any atom is 0.260 e. The van der Waals surface area contributed by atoms with Crippen molar-refractivity contribution in [1.29, 1.82) is 0 Å². The molecule has 0 spiro atoms. The summed E-state index contributed by atoms with van der Waals surface area (Å²) in [5.41, 5.74) is 12.9. The molecule has 10 atom stereocenters. The van der Waals surface area contributed by atoms with Crippen LogP contribution in [-0.2, 0) is 47.9 Å². The van der Waals surface area contributed by atoms with Gasteiger partial charge in [-0.2, -0.15) is 24.9 Å². The zero-order valence-corrected chi connectivity index (χ0v) is 78.5. The Morgan fingerprint density at radius 1 is 0.234 bits per heavy atom. The topological polar surface area (TPSA) is 442 Å². The Labute approximate surface area is 820 Å². The van der Waals surface area contributed by atoms with Crippen LogP contribution in [0.1, 0.15) is 221 Å². The van der Waals surface area contributed by atoms with Gasteiger partial charge in [-0.25, -0.2) is 66.5 Å². The molecule has 0 aromatic carbocycles. The Kier molecular flexibility index (Phi) is 25.9. The SMILES string of the molecule is O=C(Nc1nc2cccc(C3=CCC(NC(=O)C4CC4(F)F)CC3)n2n1)C1CC1.O=C(Nc1nc2cccc(C3=CC[C@@H](NC(=O)[C@@H]4CC4(F)F)CC3)n2n1)C1CC1.O=C(Nc1nc2cccc(C3=CC[C@@H](NC(=O)[C@H]4CC4(F)F)CC3)n2n1)C1CC1.O=C(Nc1nc2cccc(C3=CC[C@H](NC(=O)[C@@H]4CC4(F)F)CC3)n2n1)C1CC1.O=C(Nc1nc2cccc(C3=CC[C@H](NC(=O)[C@H]4CC4(F)F)CC3)n2n1)C1CC1. The van der Waals surface area contributed by atoms with Gasteiger partial charge in [-0.05, 0) is 249 Å². The molecule has 10 N–H and O–H groups in total. The number of pyridine rings is 5. The number of hydrogen-bond donors (Lipinski definition) is 10. The number of amides is 10. The number of fused-ring (bicyclic) bond motifs is 5. The molecule has 10 heterocycles. The van der Waals surface area contributed by atoms with E-state index in [0.29, 0.717) is 154 Å². The molecule has 10 amide bonds. The fourth-order valence-electron chi connectivity index (χ4n) is 18.8. The van der Waals surface area contributed by atoms with Crippen LogP contribution in [0.4, 0.5) is 73.6 Å². The van der Waals surface area contributed by atoms with Gasteiger partial charge in [-0.3, -0.25) is 74.5 Å². The molecule has 0 bridgehead atoms. The molecule has 145 heavy (non-hydrogen) atoms. The lowest BCUT2D eigenvalue weighted by Crippen LogP contribution is -2.37.